The van der Waals surface area contributed by atoms with Crippen LogP contribution in [-0.2, 0) is 0 Å². The fraction of sp³-hybridized carbons (Fsp3) is 0.286. The van der Waals surface area contributed by atoms with E-state index < -0.39 is 6.10 Å². The maximum atomic E-state index is 12.5. The molecular formula is C21H24N4O2. The Morgan fingerprint density at radius 2 is 1.96 bits per heavy atom. The fourth-order valence-corrected chi connectivity index (χ4v) is 3.00. The molecule has 3 rings (SSSR count). The fourth-order valence-electron chi connectivity index (χ4n) is 3.00. The number of carbonyl (C=O) groups excluding carboxylic acids is 1. The van der Waals surface area contributed by atoms with Gasteiger partial charge in [-0.05, 0) is 44.0 Å². The summed E-state index contributed by atoms with van der Waals surface area (Å²) in [6.07, 6.45) is 0.767. The van der Waals surface area contributed by atoms with Gasteiger partial charge in [0.2, 0.25) is 0 Å². The van der Waals surface area contributed by atoms with Crippen LogP contribution in [0.5, 0.6) is 0 Å². The standard InChI is InChI=1S/C21H24N4O2/c1-14(2)25-20(23-13-24-25)16-8-6-9-17(11-16)21(27)22-12-19(26)18-10-5-4-7-15(18)3/h4-11,13-14,19,26H,12H2,1-3H3,(H,22,27)/t19-/m1/s1. The van der Waals surface area contributed by atoms with Crippen molar-refractivity contribution in [3.63, 3.8) is 0 Å². The lowest BCUT2D eigenvalue weighted by Crippen LogP contribution is -2.28. The molecule has 0 aliphatic carbocycles. The number of rotatable bonds is 6. The largest absolute Gasteiger partial charge is 0.387 e. The molecule has 0 fully saturated rings. The zero-order chi connectivity index (χ0) is 19.4. The van der Waals surface area contributed by atoms with Gasteiger partial charge in [0.15, 0.2) is 5.82 Å². The van der Waals surface area contributed by atoms with Crippen LogP contribution >= 0.6 is 0 Å². The first-order valence-corrected chi connectivity index (χ1v) is 8.99. The Kier molecular flexibility index (Phi) is 5.66. The summed E-state index contributed by atoms with van der Waals surface area (Å²) < 4.78 is 1.82. The number of aliphatic hydroxyl groups is 1. The van der Waals surface area contributed by atoms with Crippen LogP contribution in [0.15, 0.2) is 54.9 Å². The molecule has 1 amide bonds. The number of nitrogens with one attached hydrogen (secondary N) is 1. The summed E-state index contributed by atoms with van der Waals surface area (Å²) in [7, 11) is 0. The molecule has 2 N–H and O–H groups in total. The Morgan fingerprint density at radius 3 is 2.70 bits per heavy atom. The minimum absolute atomic E-state index is 0.149. The predicted octanol–water partition coefficient (Wildman–Crippen LogP) is 3.30. The average Bonchev–Trinajstić information content (AvgIpc) is 3.16. The summed E-state index contributed by atoms with van der Waals surface area (Å²) in [6.45, 7) is 6.15. The molecule has 0 radical (unpaired) electrons. The van der Waals surface area contributed by atoms with E-state index in [9.17, 15) is 9.90 Å². The van der Waals surface area contributed by atoms with Crippen LogP contribution in [0.4, 0.5) is 0 Å². The molecular weight excluding hydrogens is 340 g/mol. The Hall–Kier alpha value is -2.99. The first-order valence-electron chi connectivity index (χ1n) is 8.99. The molecule has 0 aliphatic rings. The maximum absolute atomic E-state index is 12.5. The highest BCUT2D eigenvalue weighted by Crippen LogP contribution is 2.21. The van der Waals surface area contributed by atoms with Gasteiger partial charge in [-0.2, -0.15) is 5.10 Å². The van der Waals surface area contributed by atoms with Gasteiger partial charge < -0.3 is 10.4 Å². The number of hydrogen-bond donors (Lipinski definition) is 2. The van der Waals surface area contributed by atoms with Crippen molar-refractivity contribution in [2.45, 2.75) is 32.9 Å². The molecule has 1 aromatic heterocycles. The molecule has 27 heavy (non-hydrogen) atoms. The Balaban J connectivity index is 1.72. The van der Waals surface area contributed by atoms with E-state index in [2.05, 4.69) is 15.4 Å². The lowest BCUT2D eigenvalue weighted by atomic mass is 10.0. The second-order valence-electron chi connectivity index (χ2n) is 6.79. The molecule has 0 spiro atoms. The van der Waals surface area contributed by atoms with Crippen LogP contribution in [0.2, 0.25) is 0 Å². The van der Waals surface area contributed by atoms with Gasteiger partial charge in [0.05, 0.1) is 6.10 Å². The van der Waals surface area contributed by atoms with Crippen molar-refractivity contribution in [1.82, 2.24) is 20.1 Å². The predicted molar refractivity (Wildman–Crippen MR) is 104 cm³/mol. The molecule has 0 unspecified atom stereocenters. The summed E-state index contributed by atoms with van der Waals surface area (Å²) in [4.78, 5) is 16.9. The molecule has 140 valence electrons. The third-order valence-electron chi connectivity index (χ3n) is 4.45. The molecule has 2 aromatic carbocycles. The summed E-state index contributed by atoms with van der Waals surface area (Å²) in [5.74, 6) is 0.486. The summed E-state index contributed by atoms with van der Waals surface area (Å²) in [6, 6.07) is 15.0. The highest BCUT2D eigenvalue weighted by atomic mass is 16.3. The van der Waals surface area contributed by atoms with E-state index in [1.54, 1.807) is 12.1 Å². The molecule has 0 saturated carbocycles. The third kappa shape index (κ3) is 4.23. The number of hydrogen-bond acceptors (Lipinski definition) is 4. The SMILES string of the molecule is Cc1ccccc1[C@H](O)CNC(=O)c1cccc(-c2ncnn2C(C)C)c1. The minimum atomic E-state index is -0.748. The Labute approximate surface area is 158 Å². The van der Waals surface area contributed by atoms with Crippen molar-refractivity contribution >= 4 is 5.91 Å². The zero-order valence-corrected chi connectivity index (χ0v) is 15.8. The number of aromatic nitrogens is 3. The van der Waals surface area contributed by atoms with E-state index in [0.717, 1.165) is 22.5 Å². The Bertz CT molecular complexity index is 933. The second kappa shape index (κ2) is 8.14. The van der Waals surface area contributed by atoms with Crippen molar-refractivity contribution in [3.8, 4) is 11.4 Å². The monoisotopic (exact) mass is 364 g/mol. The number of carbonyl (C=O) groups is 1. The third-order valence-corrected chi connectivity index (χ3v) is 4.45. The normalized spacial score (nSPS) is 12.2. The van der Waals surface area contributed by atoms with Crippen molar-refractivity contribution in [1.29, 1.82) is 0 Å². The highest BCUT2D eigenvalue weighted by molar-refractivity contribution is 5.95. The number of amides is 1. The number of aliphatic hydroxyl groups excluding tert-OH is 1. The van der Waals surface area contributed by atoms with Gasteiger partial charge in [-0.1, -0.05) is 36.4 Å². The van der Waals surface area contributed by atoms with Crippen LogP contribution in [0.25, 0.3) is 11.4 Å². The van der Waals surface area contributed by atoms with Gasteiger partial charge in [0.25, 0.3) is 5.91 Å². The number of benzene rings is 2. The van der Waals surface area contributed by atoms with Gasteiger partial charge >= 0.3 is 0 Å². The maximum Gasteiger partial charge on any atom is 0.251 e. The molecule has 0 aliphatic heterocycles. The van der Waals surface area contributed by atoms with E-state index in [4.69, 9.17) is 0 Å². The quantitative estimate of drug-likeness (QED) is 0.703. The van der Waals surface area contributed by atoms with Crippen molar-refractivity contribution in [3.05, 3.63) is 71.5 Å². The topological polar surface area (TPSA) is 80.0 Å². The van der Waals surface area contributed by atoms with E-state index in [1.807, 2.05) is 61.9 Å². The van der Waals surface area contributed by atoms with Crippen LogP contribution in [0.3, 0.4) is 0 Å². The lowest BCUT2D eigenvalue weighted by Gasteiger charge is -2.15. The average molecular weight is 364 g/mol. The number of aryl methyl sites for hydroxylation is 1. The molecule has 3 aromatic rings. The van der Waals surface area contributed by atoms with Gasteiger partial charge in [-0.3, -0.25) is 4.79 Å². The van der Waals surface area contributed by atoms with Crippen molar-refractivity contribution < 1.29 is 9.90 Å². The van der Waals surface area contributed by atoms with Gasteiger partial charge in [0, 0.05) is 23.7 Å². The summed E-state index contributed by atoms with van der Waals surface area (Å²) in [5.41, 5.74) is 3.15. The Morgan fingerprint density at radius 1 is 1.19 bits per heavy atom. The molecule has 1 heterocycles. The van der Waals surface area contributed by atoms with E-state index >= 15 is 0 Å². The van der Waals surface area contributed by atoms with Crippen molar-refractivity contribution in [2.24, 2.45) is 0 Å². The van der Waals surface area contributed by atoms with Crippen LogP contribution < -0.4 is 5.32 Å². The molecule has 6 heteroatoms. The van der Waals surface area contributed by atoms with Crippen LogP contribution in [-0.4, -0.2) is 32.3 Å². The lowest BCUT2D eigenvalue weighted by molar-refractivity contribution is 0.0916. The van der Waals surface area contributed by atoms with E-state index in [0.29, 0.717) is 5.56 Å². The summed E-state index contributed by atoms with van der Waals surface area (Å²) >= 11 is 0. The smallest absolute Gasteiger partial charge is 0.251 e. The van der Waals surface area contributed by atoms with Gasteiger partial charge in [-0.15, -0.1) is 0 Å². The summed E-state index contributed by atoms with van der Waals surface area (Å²) in [5, 5.41) is 17.4. The molecule has 0 saturated heterocycles. The van der Waals surface area contributed by atoms with Crippen LogP contribution in [0, 0.1) is 6.92 Å². The van der Waals surface area contributed by atoms with Crippen molar-refractivity contribution in [2.75, 3.05) is 6.54 Å². The number of nitrogens with zero attached hydrogens (tertiary/aromatic N) is 3. The zero-order valence-electron chi connectivity index (χ0n) is 15.8. The first kappa shape index (κ1) is 18.8. The first-order chi connectivity index (χ1) is 13.0. The molecule has 0 bridgehead atoms. The van der Waals surface area contributed by atoms with Gasteiger partial charge in [0.1, 0.15) is 6.33 Å². The van der Waals surface area contributed by atoms with E-state index in [-0.39, 0.29) is 18.5 Å². The van der Waals surface area contributed by atoms with Crippen LogP contribution in [0.1, 0.15) is 47.5 Å². The highest BCUT2D eigenvalue weighted by Gasteiger charge is 2.15. The second-order valence-corrected chi connectivity index (χ2v) is 6.79. The molecule has 6 nitrogen and oxygen atoms in total. The minimum Gasteiger partial charge on any atom is -0.387 e. The molecule has 1 atom stereocenters. The van der Waals surface area contributed by atoms with Gasteiger partial charge in [-0.25, -0.2) is 9.67 Å². The van der Waals surface area contributed by atoms with E-state index in [1.165, 1.54) is 6.33 Å².